The molecule has 0 fully saturated rings. The van der Waals surface area contributed by atoms with E-state index in [-0.39, 0.29) is 6.54 Å². The van der Waals surface area contributed by atoms with Crippen LogP contribution < -0.4 is 9.62 Å². The molecule has 0 heterocycles. The highest BCUT2D eigenvalue weighted by molar-refractivity contribution is 7.92. The number of benzene rings is 2. The van der Waals surface area contributed by atoms with Gasteiger partial charge in [0.1, 0.15) is 6.54 Å². The number of nitrogens with one attached hydrogen (secondary N) is 1. The lowest BCUT2D eigenvalue weighted by atomic mass is 10.1. The summed E-state index contributed by atoms with van der Waals surface area (Å²) in [5.41, 5.74) is 3.78. The van der Waals surface area contributed by atoms with E-state index in [4.69, 9.17) is 11.6 Å². The first-order valence-electron chi connectivity index (χ1n) is 7.68. The van der Waals surface area contributed by atoms with Crippen molar-refractivity contribution in [2.45, 2.75) is 20.8 Å². The minimum Gasteiger partial charge on any atom is -0.324 e. The summed E-state index contributed by atoms with van der Waals surface area (Å²) in [6.45, 7) is 5.31. The standard InChI is InChI=1S/C18H21ClN2O3S/c1-12-7-13(2)9-16(8-12)20-18(22)11-21(25(4,23)24)17-10-15(19)6-5-14(17)3/h5-10H,11H2,1-4H3,(H,20,22). The molecular formula is C18H21ClN2O3S. The summed E-state index contributed by atoms with van der Waals surface area (Å²) in [4.78, 5) is 12.4. The van der Waals surface area contributed by atoms with Crippen molar-refractivity contribution in [1.82, 2.24) is 0 Å². The molecule has 2 rings (SSSR count). The molecule has 1 amide bonds. The molecule has 0 unspecified atom stereocenters. The van der Waals surface area contributed by atoms with Crippen molar-refractivity contribution in [3.05, 3.63) is 58.1 Å². The van der Waals surface area contributed by atoms with Crippen LogP contribution in [0.4, 0.5) is 11.4 Å². The summed E-state index contributed by atoms with van der Waals surface area (Å²) in [5.74, 6) is -0.421. The molecule has 0 aliphatic rings. The Morgan fingerprint density at radius 1 is 1.08 bits per heavy atom. The SMILES string of the molecule is Cc1cc(C)cc(NC(=O)CN(c2cc(Cl)ccc2C)S(C)(=O)=O)c1. The van der Waals surface area contributed by atoms with E-state index in [2.05, 4.69) is 5.32 Å². The smallest absolute Gasteiger partial charge is 0.245 e. The van der Waals surface area contributed by atoms with Gasteiger partial charge in [0.2, 0.25) is 15.9 Å². The maximum absolute atomic E-state index is 12.4. The van der Waals surface area contributed by atoms with Crippen LogP contribution in [0.2, 0.25) is 5.02 Å². The molecule has 0 aliphatic heterocycles. The maximum Gasteiger partial charge on any atom is 0.245 e. The number of rotatable bonds is 5. The fourth-order valence-electron chi connectivity index (χ4n) is 2.61. The lowest BCUT2D eigenvalue weighted by Gasteiger charge is -2.24. The Hall–Kier alpha value is -2.05. The fraction of sp³-hybridized carbons (Fsp3) is 0.278. The Morgan fingerprint density at radius 2 is 1.68 bits per heavy atom. The number of carbonyl (C=O) groups excluding carboxylic acids is 1. The Balaban J connectivity index is 2.28. The number of nitrogens with zero attached hydrogens (tertiary/aromatic N) is 1. The second-order valence-electron chi connectivity index (χ2n) is 6.13. The van der Waals surface area contributed by atoms with E-state index in [1.807, 2.05) is 32.0 Å². The van der Waals surface area contributed by atoms with Crippen molar-refractivity contribution in [3.63, 3.8) is 0 Å². The molecule has 0 atom stereocenters. The number of aryl methyl sites for hydroxylation is 3. The van der Waals surface area contributed by atoms with Crippen LogP contribution in [0.5, 0.6) is 0 Å². The molecule has 0 spiro atoms. The van der Waals surface area contributed by atoms with Gasteiger partial charge in [0.05, 0.1) is 11.9 Å². The first kappa shape index (κ1) is 19.3. The van der Waals surface area contributed by atoms with Crippen molar-refractivity contribution in [2.24, 2.45) is 0 Å². The van der Waals surface area contributed by atoms with Gasteiger partial charge in [-0.1, -0.05) is 23.7 Å². The number of hydrogen-bond acceptors (Lipinski definition) is 3. The van der Waals surface area contributed by atoms with Gasteiger partial charge in [-0.2, -0.15) is 0 Å². The zero-order chi connectivity index (χ0) is 18.8. The summed E-state index contributed by atoms with van der Waals surface area (Å²) in [5, 5.41) is 3.16. The molecular weight excluding hydrogens is 360 g/mol. The maximum atomic E-state index is 12.4. The molecule has 0 saturated heterocycles. The number of anilines is 2. The van der Waals surface area contributed by atoms with Gasteiger partial charge < -0.3 is 5.32 Å². The van der Waals surface area contributed by atoms with Crippen LogP contribution in [0, 0.1) is 20.8 Å². The number of halogens is 1. The van der Waals surface area contributed by atoms with Crippen LogP contribution in [0.3, 0.4) is 0 Å². The number of amides is 1. The molecule has 0 radical (unpaired) electrons. The lowest BCUT2D eigenvalue weighted by Crippen LogP contribution is -2.37. The molecule has 2 aromatic carbocycles. The van der Waals surface area contributed by atoms with Gasteiger partial charge in [-0.3, -0.25) is 9.10 Å². The average molecular weight is 381 g/mol. The van der Waals surface area contributed by atoms with Gasteiger partial charge in [0.25, 0.3) is 0 Å². The van der Waals surface area contributed by atoms with Crippen molar-refractivity contribution in [3.8, 4) is 0 Å². The second kappa shape index (κ2) is 7.45. The molecule has 7 heteroatoms. The van der Waals surface area contributed by atoms with Gasteiger partial charge >= 0.3 is 0 Å². The third-order valence-corrected chi connectivity index (χ3v) is 4.99. The van der Waals surface area contributed by atoms with E-state index in [0.717, 1.165) is 21.7 Å². The number of carbonyl (C=O) groups is 1. The quantitative estimate of drug-likeness (QED) is 0.860. The van der Waals surface area contributed by atoms with Crippen molar-refractivity contribution in [2.75, 3.05) is 22.4 Å². The number of hydrogen-bond donors (Lipinski definition) is 1. The van der Waals surface area contributed by atoms with E-state index < -0.39 is 15.9 Å². The first-order chi connectivity index (χ1) is 11.6. The Morgan fingerprint density at radius 3 is 2.24 bits per heavy atom. The molecule has 0 bridgehead atoms. The van der Waals surface area contributed by atoms with Crippen LogP contribution >= 0.6 is 11.6 Å². The minimum atomic E-state index is -3.65. The van der Waals surface area contributed by atoms with Gasteiger partial charge in [0.15, 0.2) is 0 Å². The lowest BCUT2D eigenvalue weighted by molar-refractivity contribution is -0.114. The molecule has 1 N–H and O–H groups in total. The van der Waals surface area contributed by atoms with E-state index in [9.17, 15) is 13.2 Å². The molecule has 25 heavy (non-hydrogen) atoms. The molecule has 0 aliphatic carbocycles. The Bertz CT molecular complexity index is 890. The number of sulfonamides is 1. The normalized spacial score (nSPS) is 11.2. The highest BCUT2D eigenvalue weighted by Crippen LogP contribution is 2.26. The fourth-order valence-corrected chi connectivity index (χ4v) is 3.68. The van der Waals surface area contributed by atoms with Crippen molar-refractivity contribution in [1.29, 1.82) is 0 Å². The molecule has 5 nitrogen and oxygen atoms in total. The Labute approximate surface area is 153 Å². The summed E-state index contributed by atoms with van der Waals surface area (Å²) < 4.78 is 25.5. The van der Waals surface area contributed by atoms with Crippen molar-refractivity contribution >= 4 is 38.9 Å². The molecule has 0 aromatic heterocycles. The molecule has 0 saturated carbocycles. The predicted molar refractivity (Wildman–Crippen MR) is 103 cm³/mol. The zero-order valence-corrected chi connectivity index (χ0v) is 16.2. The predicted octanol–water partition coefficient (Wildman–Crippen LogP) is 3.67. The summed E-state index contributed by atoms with van der Waals surface area (Å²) in [6, 6.07) is 10.6. The molecule has 2 aromatic rings. The van der Waals surface area contributed by atoms with Crippen LogP contribution in [-0.4, -0.2) is 27.1 Å². The van der Waals surface area contributed by atoms with Crippen LogP contribution in [0.25, 0.3) is 0 Å². The summed E-state index contributed by atoms with van der Waals surface area (Å²) in [6.07, 6.45) is 1.07. The highest BCUT2D eigenvalue weighted by atomic mass is 35.5. The average Bonchev–Trinajstić information content (AvgIpc) is 2.45. The second-order valence-corrected chi connectivity index (χ2v) is 8.47. The zero-order valence-electron chi connectivity index (χ0n) is 14.6. The topological polar surface area (TPSA) is 66.5 Å². The van der Waals surface area contributed by atoms with Crippen LogP contribution in [0.1, 0.15) is 16.7 Å². The minimum absolute atomic E-state index is 0.326. The van der Waals surface area contributed by atoms with E-state index in [1.54, 1.807) is 25.1 Å². The van der Waals surface area contributed by atoms with Crippen molar-refractivity contribution < 1.29 is 13.2 Å². The highest BCUT2D eigenvalue weighted by Gasteiger charge is 2.22. The van der Waals surface area contributed by atoms with Gasteiger partial charge in [-0.15, -0.1) is 0 Å². The van der Waals surface area contributed by atoms with Gasteiger partial charge in [-0.05, 0) is 61.7 Å². The first-order valence-corrected chi connectivity index (χ1v) is 9.91. The third kappa shape index (κ3) is 5.21. The van der Waals surface area contributed by atoms with Gasteiger partial charge in [-0.25, -0.2) is 8.42 Å². The third-order valence-electron chi connectivity index (χ3n) is 3.63. The van der Waals surface area contributed by atoms with E-state index in [1.165, 1.54) is 0 Å². The Kier molecular flexibility index (Phi) is 5.75. The summed E-state index contributed by atoms with van der Waals surface area (Å²) >= 11 is 5.99. The summed E-state index contributed by atoms with van der Waals surface area (Å²) in [7, 11) is -3.65. The van der Waals surface area contributed by atoms with E-state index >= 15 is 0 Å². The molecule has 134 valence electrons. The van der Waals surface area contributed by atoms with Crippen LogP contribution in [0.15, 0.2) is 36.4 Å². The monoisotopic (exact) mass is 380 g/mol. The van der Waals surface area contributed by atoms with Gasteiger partial charge in [0, 0.05) is 10.7 Å². The van der Waals surface area contributed by atoms with E-state index in [0.29, 0.717) is 22.0 Å². The van der Waals surface area contributed by atoms with Crippen LogP contribution in [-0.2, 0) is 14.8 Å². The largest absolute Gasteiger partial charge is 0.324 e.